The summed E-state index contributed by atoms with van der Waals surface area (Å²) in [6.45, 7) is 4.41. The fourth-order valence-corrected chi connectivity index (χ4v) is 2.09. The zero-order chi connectivity index (χ0) is 19.9. The van der Waals surface area contributed by atoms with Gasteiger partial charge >= 0.3 is 0 Å². The number of aliphatic hydroxyl groups is 2. The second-order valence-electron chi connectivity index (χ2n) is 6.26. The standard InChI is InChI=1S/C23H29NO3/c1-19-13-11-12-16-23(27)24-18-20(2)14-9-7-5-3-4-6-8-10-15-21(25)22(26)17-19/h3-17,20-22,25-26H,18H2,1-2H3,(H,24,27)/t20-,21+,22+/m0/s1. The van der Waals surface area contributed by atoms with E-state index < -0.39 is 12.2 Å². The Kier molecular flexibility index (Phi) is 11.2. The minimum absolute atomic E-state index is 0.158. The van der Waals surface area contributed by atoms with Crippen LogP contribution in [0, 0.1) is 5.92 Å². The summed E-state index contributed by atoms with van der Waals surface area (Å²) in [4.78, 5) is 11.8. The zero-order valence-corrected chi connectivity index (χ0v) is 15.9. The summed E-state index contributed by atoms with van der Waals surface area (Å²) in [5.41, 5.74) is 0.783. The molecule has 1 heterocycles. The number of hydrogen-bond acceptors (Lipinski definition) is 3. The van der Waals surface area contributed by atoms with Crippen molar-refractivity contribution in [3.05, 3.63) is 96.7 Å². The lowest BCUT2D eigenvalue weighted by Crippen LogP contribution is -2.25. The topological polar surface area (TPSA) is 69.6 Å². The lowest BCUT2D eigenvalue weighted by atomic mass is 10.1. The molecule has 0 saturated heterocycles. The van der Waals surface area contributed by atoms with Crippen molar-refractivity contribution in [2.45, 2.75) is 26.1 Å². The van der Waals surface area contributed by atoms with Crippen LogP contribution >= 0.6 is 0 Å². The van der Waals surface area contributed by atoms with Gasteiger partial charge in [0, 0.05) is 12.6 Å². The van der Waals surface area contributed by atoms with Crippen LogP contribution in [-0.4, -0.2) is 34.9 Å². The van der Waals surface area contributed by atoms with Gasteiger partial charge in [-0.2, -0.15) is 0 Å². The fraction of sp³-hybridized carbons (Fsp3) is 0.261. The van der Waals surface area contributed by atoms with Crippen molar-refractivity contribution in [2.24, 2.45) is 5.92 Å². The molecule has 0 saturated carbocycles. The van der Waals surface area contributed by atoms with E-state index in [0.29, 0.717) is 6.54 Å². The number of rotatable bonds is 0. The maximum absolute atomic E-state index is 11.8. The Morgan fingerprint density at radius 1 is 0.815 bits per heavy atom. The third kappa shape index (κ3) is 11.5. The molecule has 0 radical (unpaired) electrons. The Bertz CT molecular complexity index is 690. The number of allylic oxidation sites excluding steroid dienone is 12. The van der Waals surface area contributed by atoms with Crippen molar-refractivity contribution < 1.29 is 15.0 Å². The van der Waals surface area contributed by atoms with Gasteiger partial charge in [0.1, 0.15) is 12.2 Å². The molecular formula is C23H29NO3. The average Bonchev–Trinajstić information content (AvgIpc) is 2.64. The van der Waals surface area contributed by atoms with Crippen molar-refractivity contribution in [3.63, 3.8) is 0 Å². The van der Waals surface area contributed by atoms with Crippen LogP contribution in [0.4, 0.5) is 0 Å². The molecule has 144 valence electrons. The van der Waals surface area contributed by atoms with Crippen LogP contribution in [0.2, 0.25) is 0 Å². The summed E-state index contributed by atoms with van der Waals surface area (Å²) in [7, 11) is 0. The Hall–Kier alpha value is -2.69. The number of nitrogens with one attached hydrogen (secondary N) is 1. The molecule has 0 fully saturated rings. The number of carbonyl (C=O) groups excluding carboxylic acids is 1. The molecule has 1 rings (SSSR count). The highest BCUT2D eigenvalue weighted by molar-refractivity contribution is 5.87. The van der Waals surface area contributed by atoms with Gasteiger partial charge in [0.05, 0.1) is 0 Å². The quantitative estimate of drug-likeness (QED) is 0.615. The summed E-state index contributed by atoms with van der Waals surface area (Å²) >= 11 is 0. The van der Waals surface area contributed by atoms with E-state index in [4.69, 9.17) is 0 Å². The first-order chi connectivity index (χ1) is 13.0. The van der Waals surface area contributed by atoms with Gasteiger partial charge in [-0.1, -0.05) is 97.6 Å². The lowest BCUT2D eigenvalue weighted by molar-refractivity contribution is -0.116. The van der Waals surface area contributed by atoms with Gasteiger partial charge in [-0.3, -0.25) is 4.79 Å². The molecule has 1 aliphatic rings. The molecule has 27 heavy (non-hydrogen) atoms. The highest BCUT2D eigenvalue weighted by Gasteiger charge is 2.09. The second-order valence-corrected chi connectivity index (χ2v) is 6.26. The number of amides is 1. The predicted molar refractivity (Wildman–Crippen MR) is 112 cm³/mol. The van der Waals surface area contributed by atoms with Crippen LogP contribution in [-0.2, 0) is 4.79 Å². The molecule has 0 spiro atoms. The van der Waals surface area contributed by atoms with Crippen molar-refractivity contribution in [1.29, 1.82) is 0 Å². The highest BCUT2D eigenvalue weighted by atomic mass is 16.3. The molecule has 4 heteroatoms. The Morgan fingerprint density at radius 3 is 2.04 bits per heavy atom. The van der Waals surface area contributed by atoms with E-state index in [9.17, 15) is 15.0 Å². The van der Waals surface area contributed by atoms with Gasteiger partial charge in [-0.25, -0.2) is 0 Å². The zero-order valence-electron chi connectivity index (χ0n) is 15.9. The van der Waals surface area contributed by atoms with E-state index in [1.54, 1.807) is 36.5 Å². The molecule has 1 aliphatic heterocycles. The van der Waals surface area contributed by atoms with Gasteiger partial charge in [-0.15, -0.1) is 0 Å². The Morgan fingerprint density at radius 2 is 1.37 bits per heavy atom. The maximum atomic E-state index is 11.8. The smallest absolute Gasteiger partial charge is 0.243 e. The van der Waals surface area contributed by atoms with Gasteiger partial charge in [0.25, 0.3) is 0 Å². The summed E-state index contributed by atoms with van der Waals surface area (Å²) in [6, 6.07) is 0. The van der Waals surface area contributed by atoms with E-state index in [0.717, 1.165) is 5.57 Å². The monoisotopic (exact) mass is 367 g/mol. The highest BCUT2D eigenvalue weighted by Crippen LogP contribution is 2.04. The van der Waals surface area contributed by atoms with E-state index >= 15 is 0 Å². The molecule has 1 amide bonds. The van der Waals surface area contributed by atoms with Gasteiger partial charge in [0.15, 0.2) is 0 Å². The summed E-state index contributed by atoms with van der Waals surface area (Å²) in [5.74, 6) is 0.0713. The van der Waals surface area contributed by atoms with Crippen LogP contribution in [0.3, 0.4) is 0 Å². The van der Waals surface area contributed by atoms with Crippen LogP contribution in [0.25, 0.3) is 0 Å². The van der Waals surface area contributed by atoms with Crippen LogP contribution in [0.1, 0.15) is 13.8 Å². The number of carbonyl (C=O) groups is 1. The normalized spacial score (nSPS) is 25.6. The van der Waals surface area contributed by atoms with Gasteiger partial charge in [-0.05, 0) is 12.8 Å². The SMILES string of the molecule is CC1=C[C@@H](O)[C@H](O)C=CC=CC=CC=CC=C[C@H](C)CNC(=O)C=CC=C1. The van der Waals surface area contributed by atoms with Crippen molar-refractivity contribution in [3.8, 4) is 0 Å². The average molecular weight is 367 g/mol. The third-order valence-corrected chi connectivity index (χ3v) is 3.63. The number of hydrogen-bond donors (Lipinski definition) is 3. The van der Waals surface area contributed by atoms with Crippen molar-refractivity contribution in [1.82, 2.24) is 5.32 Å². The minimum atomic E-state index is -1.00. The van der Waals surface area contributed by atoms with E-state index in [1.165, 1.54) is 12.2 Å². The maximum Gasteiger partial charge on any atom is 0.243 e. The number of aliphatic hydroxyl groups excluding tert-OH is 2. The van der Waals surface area contributed by atoms with Crippen LogP contribution in [0.15, 0.2) is 96.7 Å². The first kappa shape index (κ1) is 22.4. The summed E-state index contributed by atoms with van der Waals surface area (Å²) in [6.07, 6.45) is 24.5. The molecule has 0 aliphatic carbocycles. The molecular weight excluding hydrogens is 338 g/mol. The summed E-state index contributed by atoms with van der Waals surface area (Å²) in [5, 5.41) is 22.8. The minimum Gasteiger partial charge on any atom is -0.386 e. The van der Waals surface area contributed by atoms with E-state index in [2.05, 4.69) is 5.32 Å². The first-order valence-electron chi connectivity index (χ1n) is 9.01. The third-order valence-electron chi connectivity index (χ3n) is 3.63. The molecule has 3 N–H and O–H groups in total. The molecule has 0 unspecified atom stereocenters. The molecule has 3 atom stereocenters. The molecule has 0 aromatic heterocycles. The Labute approximate surface area is 162 Å². The van der Waals surface area contributed by atoms with Crippen LogP contribution in [0.5, 0.6) is 0 Å². The molecule has 0 bridgehead atoms. The largest absolute Gasteiger partial charge is 0.386 e. The van der Waals surface area contributed by atoms with Crippen LogP contribution < -0.4 is 5.32 Å². The van der Waals surface area contributed by atoms with Crippen molar-refractivity contribution in [2.75, 3.05) is 6.54 Å². The van der Waals surface area contributed by atoms with E-state index in [-0.39, 0.29) is 11.8 Å². The lowest BCUT2D eigenvalue weighted by Gasteiger charge is -2.10. The van der Waals surface area contributed by atoms with Gasteiger partial charge < -0.3 is 15.5 Å². The molecule has 0 aromatic carbocycles. The second kappa shape index (κ2) is 13.5. The predicted octanol–water partition coefficient (Wildman–Crippen LogP) is 3.31. The fourth-order valence-electron chi connectivity index (χ4n) is 2.09. The Balaban J connectivity index is 2.87. The summed E-state index contributed by atoms with van der Waals surface area (Å²) < 4.78 is 0. The van der Waals surface area contributed by atoms with Gasteiger partial charge in [0.2, 0.25) is 5.91 Å². The first-order valence-corrected chi connectivity index (χ1v) is 9.01. The molecule has 0 aromatic rings. The van der Waals surface area contributed by atoms with E-state index in [1.807, 2.05) is 56.4 Å². The van der Waals surface area contributed by atoms with Crippen molar-refractivity contribution >= 4 is 5.91 Å². The molecule has 4 nitrogen and oxygen atoms in total.